The lowest BCUT2D eigenvalue weighted by Gasteiger charge is -2.27. The van der Waals surface area contributed by atoms with Gasteiger partial charge in [-0.3, -0.25) is 0 Å². The fourth-order valence-electron chi connectivity index (χ4n) is 2.00. The third kappa shape index (κ3) is 3.20. The fourth-order valence-corrected chi connectivity index (χ4v) is 2.00. The minimum Gasteiger partial charge on any atom is -0.454 e. The van der Waals surface area contributed by atoms with E-state index in [1.807, 2.05) is 0 Å². The Labute approximate surface area is 101 Å². The fraction of sp³-hybridized carbons (Fsp3) is 0.727. The number of carbonyl (C=O) groups excluding carboxylic acids is 1. The summed E-state index contributed by atoms with van der Waals surface area (Å²) in [4.78, 5) is 11.2. The third-order valence-electron chi connectivity index (χ3n) is 3.09. The van der Waals surface area contributed by atoms with Gasteiger partial charge >= 0.3 is 12.1 Å². The lowest BCUT2D eigenvalue weighted by atomic mass is 9.99. The Bertz CT molecular complexity index is 353. The number of alkyl halides is 3. The molecule has 104 valence electrons. The molecule has 1 fully saturated rings. The molecule has 0 atom stereocenters. The lowest BCUT2D eigenvalue weighted by molar-refractivity contribution is -0.159. The van der Waals surface area contributed by atoms with Crippen LogP contribution in [0.4, 0.5) is 22.0 Å². The largest absolute Gasteiger partial charge is 0.454 e. The smallest absolute Gasteiger partial charge is 0.446 e. The zero-order valence-corrected chi connectivity index (χ0v) is 9.74. The molecular weight excluding hydrogens is 259 g/mol. The first-order valence-electron chi connectivity index (χ1n) is 5.58. The quantitative estimate of drug-likeness (QED) is 0.441. The monoisotopic (exact) mass is 272 g/mol. The molecule has 0 bridgehead atoms. The minimum atomic E-state index is -5.52. The summed E-state index contributed by atoms with van der Waals surface area (Å²) in [5, 5.41) is 0. The van der Waals surface area contributed by atoms with Crippen molar-refractivity contribution in [1.29, 1.82) is 0 Å². The van der Waals surface area contributed by atoms with Gasteiger partial charge in [-0.1, -0.05) is 6.92 Å². The maximum Gasteiger partial charge on any atom is 0.446 e. The van der Waals surface area contributed by atoms with Crippen LogP contribution in [0.25, 0.3) is 0 Å². The Kier molecular flexibility index (Phi) is 4.34. The molecule has 2 nitrogen and oxygen atoms in total. The Balaban J connectivity index is 2.83. The van der Waals surface area contributed by atoms with Crippen LogP contribution in [0.3, 0.4) is 0 Å². The Morgan fingerprint density at radius 3 is 2.11 bits per heavy atom. The average molecular weight is 272 g/mol. The van der Waals surface area contributed by atoms with Crippen molar-refractivity contribution in [2.24, 2.45) is 0 Å². The second-order valence-electron chi connectivity index (χ2n) is 4.26. The van der Waals surface area contributed by atoms with Crippen LogP contribution >= 0.6 is 0 Å². The number of halogens is 5. The number of allylic oxidation sites excluding steroid dienone is 1. The molecule has 7 heteroatoms. The molecule has 1 rings (SSSR count). The van der Waals surface area contributed by atoms with Gasteiger partial charge in [0.1, 0.15) is 5.60 Å². The van der Waals surface area contributed by atoms with Crippen molar-refractivity contribution in [2.45, 2.75) is 50.8 Å². The van der Waals surface area contributed by atoms with E-state index in [9.17, 15) is 26.7 Å². The van der Waals surface area contributed by atoms with Crippen LogP contribution in [-0.4, -0.2) is 17.7 Å². The SMILES string of the molecule is CCC1(OC(=O)C(F)=C(F)C(F)(F)F)CCCC1. The number of rotatable bonds is 3. The summed E-state index contributed by atoms with van der Waals surface area (Å²) in [7, 11) is 0. The van der Waals surface area contributed by atoms with Gasteiger partial charge in [0, 0.05) is 0 Å². The topological polar surface area (TPSA) is 26.3 Å². The number of hydrogen-bond donors (Lipinski definition) is 0. The molecule has 0 radical (unpaired) electrons. The van der Waals surface area contributed by atoms with Crippen molar-refractivity contribution in [3.8, 4) is 0 Å². The number of hydrogen-bond acceptors (Lipinski definition) is 2. The molecule has 0 heterocycles. The van der Waals surface area contributed by atoms with Crippen LogP contribution in [0, 0.1) is 0 Å². The number of ether oxygens (including phenoxy) is 1. The second kappa shape index (κ2) is 5.24. The molecule has 0 aromatic carbocycles. The normalized spacial score (nSPS) is 20.6. The molecule has 0 saturated heterocycles. The van der Waals surface area contributed by atoms with Gasteiger partial charge in [-0.25, -0.2) is 4.79 Å². The first-order valence-corrected chi connectivity index (χ1v) is 5.58. The zero-order chi connectivity index (χ0) is 14.0. The molecule has 0 unspecified atom stereocenters. The van der Waals surface area contributed by atoms with Crippen molar-refractivity contribution in [1.82, 2.24) is 0 Å². The lowest BCUT2D eigenvalue weighted by Crippen LogP contribution is -2.32. The van der Waals surface area contributed by atoms with E-state index >= 15 is 0 Å². The molecule has 0 N–H and O–H groups in total. The van der Waals surface area contributed by atoms with Crippen LogP contribution in [0.1, 0.15) is 39.0 Å². The van der Waals surface area contributed by atoms with Gasteiger partial charge in [0.2, 0.25) is 11.7 Å². The summed E-state index contributed by atoms with van der Waals surface area (Å²) >= 11 is 0. The second-order valence-corrected chi connectivity index (χ2v) is 4.26. The van der Waals surface area contributed by atoms with Gasteiger partial charge in [-0.05, 0) is 32.1 Å². The predicted molar refractivity (Wildman–Crippen MR) is 52.9 cm³/mol. The zero-order valence-electron chi connectivity index (χ0n) is 9.74. The van der Waals surface area contributed by atoms with E-state index in [0.29, 0.717) is 19.3 Å². The minimum absolute atomic E-state index is 0.361. The van der Waals surface area contributed by atoms with Gasteiger partial charge in [0.15, 0.2) is 0 Å². The van der Waals surface area contributed by atoms with Crippen LogP contribution in [0.15, 0.2) is 11.7 Å². The van der Waals surface area contributed by atoms with Gasteiger partial charge in [0.25, 0.3) is 0 Å². The molecule has 1 aliphatic rings. The maximum absolute atomic E-state index is 13.0. The molecule has 1 saturated carbocycles. The standard InChI is InChI=1S/C11H13F5O2/c1-2-10(5-3-4-6-10)18-9(17)7(12)8(13)11(14,15)16/h2-6H2,1H3. The van der Waals surface area contributed by atoms with E-state index in [1.54, 1.807) is 6.92 Å². The van der Waals surface area contributed by atoms with E-state index in [2.05, 4.69) is 0 Å². The highest BCUT2D eigenvalue weighted by Gasteiger charge is 2.43. The molecule has 0 aromatic rings. The summed E-state index contributed by atoms with van der Waals surface area (Å²) in [5.41, 5.74) is -0.958. The molecule has 0 aliphatic heterocycles. The molecule has 0 amide bonds. The Hall–Kier alpha value is -1.14. The van der Waals surface area contributed by atoms with E-state index in [-0.39, 0.29) is 0 Å². The average Bonchev–Trinajstić information content (AvgIpc) is 2.75. The molecule has 0 aromatic heterocycles. The number of esters is 1. The van der Waals surface area contributed by atoms with E-state index < -0.39 is 29.4 Å². The van der Waals surface area contributed by atoms with Gasteiger partial charge in [-0.2, -0.15) is 22.0 Å². The van der Waals surface area contributed by atoms with Crippen LogP contribution < -0.4 is 0 Å². The predicted octanol–water partition coefficient (Wildman–Crippen LogP) is 3.97. The van der Waals surface area contributed by atoms with E-state index in [4.69, 9.17) is 4.74 Å². The van der Waals surface area contributed by atoms with Crippen molar-refractivity contribution < 1.29 is 31.5 Å². The summed E-state index contributed by atoms with van der Waals surface area (Å²) in [6.07, 6.45) is -2.76. The highest BCUT2D eigenvalue weighted by molar-refractivity contribution is 5.87. The van der Waals surface area contributed by atoms with Crippen LogP contribution in [0.5, 0.6) is 0 Å². The van der Waals surface area contributed by atoms with Crippen molar-refractivity contribution in [3.05, 3.63) is 11.7 Å². The van der Waals surface area contributed by atoms with Crippen molar-refractivity contribution >= 4 is 5.97 Å². The molecule has 18 heavy (non-hydrogen) atoms. The summed E-state index contributed by atoms with van der Waals surface area (Å²) in [6.45, 7) is 1.68. The van der Waals surface area contributed by atoms with Crippen molar-refractivity contribution in [3.63, 3.8) is 0 Å². The Morgan fingerprint density at radius 1 is 1.22 bits per heavy atom. The van der Waals surface area contributed by atoms with Crippen LogP contribution in [0.2, 0.25) is 0 Å². The van der Waals surface area contributed by atoms with E-state index in [0.717, 1.165) is 12.8 Å². The molecular formula is C11H13F5O2. The number of carbonyl (C=O) groups is 1. The Morgan fingerprint density at radius 2 is 1.72 bits per heavy atom. The van der Waals surface area contributed by atoms with E-state index in [1.165, 1.54) is 0 Å². The third-order valence-corrected chi connectivity index (χ3v) is 3.09. The van der Waals surface area contributed by atoms with Crippen molar-refractivity contribution in [2.75, 3.05) is 0 Å². The summed E-state index contributed by atoms with van der Waals surface area (Å²) in [5.74, 6) is -7.44. The van der Waals surface area contributed by atoms with Gasteiger partial charge < -0.3 is 4.74 Å². The molecule has 0 spiro atoms. The molecule has 1 aliphatic carbocycles. The first-order chi connectivity index (χ1) is 8.22. The maximum atomic E-state index is 13.0. The highest BCUT2D eigenvalue weighted by atomic mass is 19.4. The summed E-state index contributed by atoms with van der Waals surface area (Å²) in [6, 6.07) is 0. The highest BCUT2D eigenvalue weighted by Crippen LogP contribution is 2.37. The van der Waals surface area contributed by atoms with Gasteiger partial charge in [0.05, 0.1) is 0 Å². The summed E-state index contributed by atoms with van der Waals surface area (Å²) < 4.78 is 65.8. The first kappa shape index (κ1) is 14.9. The van der Waals surface area contributed by atoms with Crippen LogP contribution in [-0.2, 0) is 9.53 Å². The van der Waals surface area contributed by atoms with Gasteiger partial charge in [-0.15, -0.1) is 0 Å².